The topological polar surface area (TPSA) is 56.1 Å². The molecule has 4 aliphatic rings. The van der Waals surface area contributed by atoms with Gasteiger partial charge in [0, 0.05) is 5.41 Å². The van der Waals surface area contributed by atoms with E-state index in [4.69, 9.17) is 24.4 Å². The number of hydrogen-bond donors (Lipinski definition) is 0. The minimum Gasteiger partial charge on any atom is -0.493 e. The Morgan fingerprint density at radius 2 is 1.41 bits per heavy atom. The molecule has 0 spiro atoms. The van der Waals surface area contributed by atoms with Crippen molar-refractivity contribution in [2.75, 3.05) is 13.2 Å². The highest BCUT2D eigenvalue weighted by Gasteiger charge is 2.27. The van der Waals surface area contributed by atoms with Crippen LogP contribution in [-0.4, -0.2) is 29.6 Å². The van der Waals surface area contributed by atoms with Crippen LogP contribution in [0.4, 0.5) is 5.69 Å². The standard InChI is InChI=1S/C29H33N3O2/c1-20-18-33-25-13-9-23(10-14-25)17-30-21(2)27-7-6-8-28(32-27)22(3)31-24-11-15-26(16-12-24)34-19-29(20,4)5/h6-16,20H,17-19H2,1-5H3. The molecule has 1 unspecified atom stereocenters. The lowest BCUT2D eigenvalue weighted by atomic mass is 9.81. The van der Waals surface area contributed by atoms with Gasteiger partial charge in [-0.15, -0.1) is 0 Å². The number of aliphatic imine (C=N–C) groups is 2. The maximum atomic E-state index is 6.12. The maximum Gasteiger partial charge on any atom is 0.119 e. The van der Waals surface area contributed by atoms with Crippen molar-refractivity contribution in [1.82, 2.24) is 4.98 Å². The highest BCUT2D eigenvalue weighted by Crippen LogP contribution is 2.29. The van der Waals surface area contributed by atoms with Gasteiger partial charge in [0.15, 0.2) is 0 Å². The summed E-state index contributed by atoms with van der Waals surface area (Å²) in [7, 11) is 0. The molecule has 6 bridgehead atoms. The Bertz CT molecular complexity index is 1180. The minimum absolute atomic E-state index is 0.0483. The van der Waals surface area contributed by atoms with Crippen LogP contribution in [0.1, 0.15) is 51.6 Å². The van der Waals surface area contributed by atoms with Crippen molar-refractivity contribution in [3.63, 3.8) is 0 Å². The van der Waals surface area contributed by atoms with E-state index < -0.39 is 0 Å². The van der Waals surface area contributed by atoms with Crippen LogP contribution < -0.4 is 9.47 Å². The number of hydrogen-bond acceptors (Lipinski definition) is 5. The molecule has 3 aromatic rings. The number of ether oxygens (including phenoxy) is 2. The summed E-state index contributed by atoms with van der Waals surface area (Å²) in [5, 5.41) is 0. The van der Waals surface area contributed by atoms with Gasteiger partial charge in [0.1, 0.15) is 11.5 Å². The second-order valence-corrected chi connectivity index (χ2v) is 9.63. The van der Waals surface area contributed by atoms with Crippen molar-refractivity contribution in [3.8, 4) is 11.5 Å². The average molecular weight is 456 g/mol. The van der Waals surface area contributed by atoms with Gasteiger partial charge in [-0.2, -0.15) is 0 Å². The van der Waals surface area contributed by atoms with E-state index in [9.17, 15) is 0 Å². The Morgan fingerprint density at radius 3 is 2.12 bits per heavy atom. The molecule has 0 radical (unpaired) electrons. The van der Waals surface area contributed by atoms with Gasteiger partial charge in [-0.1, -0.05) is 39.0 Å². The van der Waals surface area contributed by atoms with Gasteiger partial charge >= 0.3 is 0 Å². The molecule has 0 amide bonds. The van der Waals surface area contributed by atoms with E-state index in [1.165, 1.54) is 0 Å². The zero-order valence-electron chi connectivity index (χ0n) is 20.7. The molecule has 1 atom stereocenters. The monoisotopic (exact) mass is 455 g/mol. The van der Waals surface area contributed by atoms with E-state index in [0.29, 0.717) is 25.7 Å². The number of rotatable bonds is 0. The molecular weight excluding hydrogens is 422 g/mol. The fourth-order valence-electron chi connectivity index (χ4n) is 3.55. The normalized spacial score (nSPS) is 18.6. The third kappa shape index (κ3) is 5.90. The zero-order valence-corrected chi connectivity index (χ0v) is 20.7. The fourth-order valence-corrected chi connectivity index (χ4v) is 3.55. The van der Waals surface area contributed by atoms with Crippen molar-refractivity contribution in [1.29, 1.82) is 0 Å². The number of nitrogens with zero attached hydrogens (tertiary/aromatic N) is 3. The first-order valence-corrected chi connectivity index (χ1v) is 11.8. The number of aromatic nitrogens is 1. The summed E-state index contributed by atoms with van der Waals surface area (Å²) in [5.41, 5.74) is 5.40. The molecule has 5 nitrogen and oxygen atoms in total. The summed E-state index contributed by atoms with van der Waals surface area (Å²) >= 11 is 0. The third-order valence-electron chi connectivity index (χ3n) is 6.49. The van der Waals surface area contributed by atoms with E-state index in [1.807, 2.05) is 68.4 Å². The number of pyridine rings is 1. The van der Waals surface area contributed by atoms with Crippen LogP contribution in [0, 0.1) is 11.3 Å². The molecule has 0 fully saturated rings. The lowest BCUT2D eigenvalue weighted by Crippen LogP contribution is -2.32. The average Bonchev–Trinajstić information content (AvgIpc) is 2.85. The summed E-state index contributed by atoms with van der Waals surface area (Å²) in [6.45, 7) is 12.4. The van der Waals surface area contributed by atoms with Gasteiger partial charge in [0.2, 0.25) is 0 Å². The van der Waals surface area contributed by atoms with Crippen LogP contribution in [0.3, 0.4) is 0 Å². The number of benzene rings is 2. The first kappa shape index (κ1) is 23.7. The Balaban J connectivity index is 1.66. The van der Waals surface area contributed by atoms with Gasteiger partial charge in [0.05, 0.1) is 48.3 Å². The Hall–Kier alpha value is -3.47. The van der Waals surface area contributed by atoms with Crippen LogP contribution in [0.5, 0.6) is 11.5 Å². The Labute approximate surface area is 202 Å². The van der Waals surface area contributed by atoms with Gasteiger partial charge < -0.3 is 9.47 Å². The van der Waals surface area contributed by atoms with Crippen molar-refractivity contribution < 1.29 is 9.47 Å². The molecule has 176 valence electrons. The van der Waals surface area contributed by atoms with E-state index in [2.05, 4.69) is 32.9 Å². The molecule has 2 aromatic carbocycles. The maximum absolute atomic E-state index is 6.12. The van der Waals surface area contributed by atoms with Crippen molar-refractivity contribution in [3.05, 3.63) is 83.7 Å². The smallest absolute Gasteiger partial charge is 0.119 e. The second kappa shape index (κ2) is 10.2. The SMILES string of the molecule is CC1=NCc2ccc(cc2)OCC(C)C(C)(C)COc2ccc(cc2)N=C(C)c2cccc1n2. The molecule has 5 heterocycles. The molecule has 0 aliphatic carbocycles. The lowest BCUT2D eigenvalue weighted by Gasteiger charge is -2.31. The van der Waals surface area contributed by atoms with Crippen molar-refractivity contribution in [2.24, 2.45) is 21.3 Å². The first-order chi connectivity index (χ1) is 16.3. The molecule has 0 saturated carbocycles. The molecule has 34 heavy (non-hydrogen) atoms. The summed E-state index contributed by atoms with van der Waals surface area (Å²) in [6, 6.07) is 22.0. The van der Waals surface area contributed by atoms with E-state index in [0.717, 1.165) is 45.6 Å². The summed E-state index contributed by atoms with van der Waals surface area (Å²) in [5.74, 6) is 2.02. The quantitative estimate of drug-likeness (QED) is 0.381. The minimum atomic E-state index is -0.0483. The van der Waals surface area contributed by atoms with Crippen LogP contribution in [-0.2, 0) is 6.54 Å². The Kier molecular flexibility index (Phi) is 7.11. The second-order valence-electron chi connectivity index (χ2n) is 9.63. The van der Waals surface area contributed by atoms with Crippen LogP contribution in [0.15, 0.2) is 76.7 Å². The van der Waals surface area contributed by atoms with Gasteiger partial charge in [-0.05, 0) is 73.9 Å². The fraction of sp³-hybridized carbons (Fsp3) is 0.345. The van der Waals surface area contributed by atoms with Crippen LogP contribution in [0.2, 0.25) is 0 Å². The summed E-state index contributed by atoms with van der Waals surface area (Å²) in [6.07, 6.45) is 0. The van der Waals surface area contributed by atoms with Crippen molar-refractivity contribution >= 4 is 17.1 Å². The summed E-state index contributed by atoms with van der Waals surface area (Å²) in [4.78, 5) is 14.3. The molecule has 1 aromatic heterocycles. The van der Waals surface area contributed by atoms with E-state index in [1.54, 1.807) is 0 Å². The molecule has 0 saturated heterocycles. The molecule has 4 aliphatic heterocycles. The molecule has 0 N–H and O–H groups in total. The lowest BCUT2D eigenvalue weighted by molar-refractivity contribution is 0.0856. The van der Waals surface area contributed by atoms with Crippen LogP contribution >= 0.6 is 0 Å². The van der Waals surface area contributed by atoms with Gasteiger partial charge in [0.25, 0.3) is 0 Å². The highest BCUT2D eigenvalue weighted by atomic mass is 16.5. The third-order valence-corrected chi connectivity index (χ3v) is 6.49. The molecule has 5 heteroatoms. The molecule has 7 rings (SSSR count). The molecular formula is C29H33N3O2. The highest BCUT2D eigenvalue weighted by molar-refractivity contribution is 6.01. The van der Waals surface area contributed by atoms with Crippen molar-refractivity contribution in [2.45, 2.75) is 41.2 Å². The Morgan fingerprint density at radius 1 is 0.794 bits per heavy atom. The summed E-state index contributed by atoms with van der Waals surface area (Å²) < 4.78 is 12.2. The van der Waals surface area contributed by atoms with Gasteiger partial charge in [-0.25, -0.2) is 4.98 Å². The van der Waals surface area contributed by atoms with Gasteiger partial charge in [-0.3, -0.25) is 9.98 Å². The van der Waals surface area contributed by atoms with Crippen LogP contribution in [0.25, 0.3) is 0 Å². The first-order valence-electron chi connectivity index (χ1n) is 11.8. The van der Waals surface area contributed by atoms with E-state index in [-0.39, 0.29) is 5.41 Å². The largest absolute Gasteiger partial charge is 0.493 e. The zero-order chi connectivity index (χ0) is 24.1. The predicted octanol–water partition coefficient (Wildman–Crippen LogP) is 6.67. The predicted molar refractivity (Wildman–Crippen MR) is 139 cm³/mol. The van der Waals surface area contributed by atoms with E-state index >= 15 is 0 Å².